The van der Waals surface area contributed by atoms with Crippen LogP contribution in [0.15, 0.2) is 29.8 Å². The van der Waals surface area contributed by atoms with Gasteiger partial charge >= 0.3 is 5.97 Å². The molecule has 0 aromatic heterocycles. The molecule has 0 radical (unpaired) electrons. The van der Waals surface area contributed by atoms with Gasteiger partial charge in [0, 0.05) is 5.02 Å². The second-order valence-electron chi connectivity index (χ2n) is 5.55. The molecule has 0 amide bonds. The SMILES string of the molecule is COC(=O)C12C/C(=C\c3ccc(Cl)cc3)C(O)(C1)C2. The molecule has 3 aliphatic carbocycles. The van der Waals surface area contributed by atoms with E-state index in [4.69, 9.17) is 16.3 Å². The number of hydrogen-bond donors (Lipinski definition) is 1. The van der Waals surface area contributed by atoms with E-state index in [1.54, 1.807) is 0 Å². The van der Waals surface area contributed by atoms with Crippen LogP contribution in [0.4, 0.5) is 0 Å². The second-order valence-corrected chi connectivity index (χ2v) is 5.99. The third-order valence-corrected chi connectivity index (χ3v) is 4.47. The van der Waals surface area contributed by atoms with E-state index in [1.807, 2.05) is 30.3 Å². The van der Waals surface area contributed by atoms with Gasteiger partial charge < -0.3 is 9.84 Å². The number of halogens is 1. The van der Waals surface area contributed by atoms with Crippen molar-refractivity contribution in [1.82, 2.24) is 0 Å². The van der Waals surface area contributed by atoms with Crippen molar-refractivity contribution in [2.75, 3.05) is 7.11 Å². The van der Waals surface area contributed by atoms with E-state index >= 15 is 0 Å². The zero-order valence-corrected chi connectivity index (χ0v) is 11.4. The van der Waals surface area contributed by atoms with Gasteiger partial charge in [-0.15, -0.1) is 0 Å². The molecule has 3 fully saturated rings. The number of carbonyl (C=O) groups is 1. The average molecular weight is 279 g/mol. The predicted octanol–water partition coefficient (Wildman–Crippen LogP) is 2.81. The van der Waals surface area contributed by atoms with Crippen molar-refractivity contribution in [2.24, 2.45) is 5.41 Å². The van der Waals surface area contributed by atoms with Crippen LogP contribution in [-0.4, -0.2) is 23.8 Å². The quantitative estimate of drug-likeness (QED) is 0.846. The van der Waals surface area contributed by atoms with Crippen LogP contribution in [0.3, 0.4) is 0 Å². The van der Waals surface area contributed by atoms with Crippen LogP contribution in [0.5, 0.6) is 0 Å². The average Bonchev–Trinajstić information content (AvgIpc) is 2.79. The summed E-state index contributed by atoms with van der Waals surface area (Å²) in [7, 11) is 1.40. The highest BCUT2D eigenvalue weighted by Crippen LogP contribution is 2.64. The first-order valence-electron chi connectivity index (χ1n) is 6.25. The summed E-state index contributed by atoms with van der Waals surface area (Å²) in [5.74, 6) is -0.211. The summed E-state index contributed by atoms with van der Waals surface area (Å²) >= 11 is 5.84. The van der Waals surface area contributed by atoms with Crippen LogP contribution in [0.25, 0.3) is 6.08 Å². The Bertz CT molecular complexity index is 553. The Hall–Kier alpha value is -1.32. The van der Waals surface area contributed by atoms with Crippen molar-refractivity contribution in [2.45, 2.75) is 24.9 Å². The molecular weight excluding hydrogens is 264 g/mol. The maximum atomic E-state index is 11.8. The van der Waals surface area contributed by atoms with Gasteiger partial charge in [0.05, 0.1) is 18.1 Å². The number of hydrogen-bond acceptors (Lipinski definition) is 3. The van der Waals surface area contributed by atoms with Gasteiger partial charge in [-0.1, -0.05) is 29.8 Å². The minimum absolute atomic E-state index is 0.211. The molecule has 0 unspecified atom stereocenters. The fourth-order valence-corrected chi connectivity index (χ4v) is 3.45. The molecule has 3 aliphatic rings. The zero-order valence-electron chi connectivity index (χ0n) is 10.6. The van der Waals surface area contributed by atoms with Gasteiger partial charge in [-0.25, -0.2) is 0 Å². The van der Waals surface area contributed by atoms with E-state index in [2.05, 4.69) is 0 Å². The van der Waals surface area contributed by atoms with Gasteiger partial charge in [0.15, 0.2) is 0 Å². The maximum Gasteiger partial charge on any atom is 0.312 e. The summed E-state index contributed by atoms with van der Waals surface area (Å²) in [5, 5.41) is 11.1. The first-order chi connectivity index (χ1) is 8.97. The van der Waals surface area contributed by atoms with E-state index in [9.17, 15) is 9.90 Å². The van der Waals surface area contributed by atoms with Crippen LogP contribution in [0, 0.1) is 5.41 Å². The molecule has 0 atom stereocenters. The normalized spacial score (nSPS) is 34.2. The van der Waals surface area contributed by atoms with E-state index in [0.717, 1.165) is 11.1 Å². The van der Waals surface area contributed by atoms with Gasteiger partial charge in [0.25, 0.3) is 0 Å². The molecule has 4 heteroatoms. The Balaban J connectivity index is 1.88. The van der Waals surface area contributed by atoms with Gasteiger partial charge in [-0.05, 0) is 42.5 Å². The molecule has 3 saturated carbocycles. The molecule has 0 saturated heterocycles. The number of rotatable bonds is 2. The van der Waals surface area contributed by atoms with E-state index in [0.29, 0.717) is 24.3 Å². The standard InChI is InChI=1S/C15H15ClO3/c1-19-13(17)14-7-11(15(18,8-14)9-14)6-10-2-4-12(16)5-3-10/h2-6,18H,7-9H2,1H3/b11-6+. The molecule has 1 aromatic rings. The van der Waals surface area contributed by atoms with Crippen LogP contribution in [0.2, 0.25) is 5.02 Å². The molecule has 3 nitrogen and oxygen atoms in total. The number of ether oxygens (including phenoxy) is 1. The zero-order chi connectivity index (χ0) is 13.7. The van der Waals surface area contributed by atoms with Crippen LogP contribution < -0.4 is 0 Å². The topological polar surface area (TPSA) is 46.5 Å². The Morgan fingerprint density at radius 3 is 2.58 bits per heavy atom. The molecular formula is C15H15ClO3. The molecule has 1 aromatic carbocycles. The largest absolute Gasteiger partial charge is 0.469 e. The Morgan fingerprint density at radius 2 is 2.00 bits per heavy atom. The van der Waals surface area contributed by atoms with Crippen molar-refractivity contribution in [3.63, 3.8) is 0 Å². The molecule has 1 N–H and O–H groups in total. The monoisotopic (exact) mass is 278 g/mol. The summed E-state index contributed by atoms with van der Waals surface area (Å²) in [6.07, 6.45) is 3.49. The molecule has 2 bridgehead atoms. The van der Waals surface area contributed by atoms with Gasteiger partial charge in [0.1, 0.15) is 0 Å². The van der Waals surface area contributed by atoms with E-state index in [1.165, 1.54) is 7.11 Å². The third kappa shape index (κ3) is 1.88. The van der Waals surface area contributed by atoms with Gasteiger partial charge in [-0.3, -0.25) is 4.79 Å². The molecule has 4 rings (SSSR count). The molecule has 100 valence electrons. The van der Waals surface area contributed by atoms with Crippen molar-refractivity contribution >= 4 is 23.6 Å². The summed E-state index contributed by atoms with van der Waals surface area (Å²) in [4.78, 5) is 11.8. The molecule has 19 heavy (non-hydrogen) atoms. The van der Waals surface area contributed by atoms with E-state index in [-0.39, 0.29) is 5.97 Å². The maximum absolute atomic E-state index is 11.8. The lowest BCUT2D eigenvalue weighted by Crippen LogP contribution is -2.48. The lowest BCUT2D eigenvalue weighted by molar-refractivity contribution is -0.166. The van der Waals surface area contributed by atoms with Crippen LogP contribution in [0.1, 0.15) is 24.8 Å². The fourth-order valence-electron chi connectivity index (χ4n) is 3.33. The molecule has 0 aliphatic heterocycles. The number of carbonyl (C=O) groups excluding carboxylic acids is 1. The number of aliphatic hydroxyl groups is 1. The number of benzene rings is 1. The summed E-state index contributed by atoms with van der Waals surface area (Å²) in [5.41, 5.74) is 0.580. The third-order valence-electron chi connectivity index (χ3n) is 4.22. The van der Waals surface area contributed by atoms with Crippen molar-refractivity contribution < 1.29 is 14.6 Å². The Kier molecular flexibility index (Phi) is 2.73. The number of fused-ring (bicyclic) bond motifs is 1. The minimum atomic E-state index is -0.826. The number of esters is 1. The second kappa shape index (κ2) is 4.09. The summed E-state index contributed by atoms with van der Waals surface area (Å²) < 4.78 is 4.84. The Labute approximate surface area is 116 Å². The smallest absolute Gasteiger partial charge is 0.312 e. The Morgan fingerprint density at radius 1 is 1.37 bits per heavy atom. The molecule has 0 spiro atoms. The van der Waals surface area contributed by atoms with Crippen LogP contribution in [-0.2, 0) is 9.53 Å². The predicted molar refractivity (Wildman–Crippen MR) is 72.7 cm³/mol. The molecule has 0 heterocycles. The summed E-state index contributed by atoms with van der Waals surface area (Å²) in [6.45, 7) is 0. The highest BCUT2D eigenvalue weighted by atomic mass is 35.5. The first-order valence-corrected chi connectivity index (χ1v) is 6.63. The highest BCUT2D eigenvalue weighted by molar-refractivity contribution is 6.30. The fraction of sp³-hybridized carbons (Fsp3) is 0.400. The van der Waals surface area contributed by atoms with Gasteiger partial charge in [-0.2, -0.15) is 0 Å². The van der Waals surface area contributed by atoms with Crippen LogP contribution >= 0.6 is 11.6 Å². The van der Waals surface area contributed by atoms with Crippen molar-refractivity contribution in [3.8, 4) is 0 Å². The summed E-state index contributed by atoms with van der Waals surface area (Å²) in [6, 6.07) is 7.43. The van der Waals surface area contributed by atoms with Crippen molar-refractivity contribution in [3.05, 3.63) is 40.4 Å². The first kappa shape index (κ1) is 12.7. The lowest BCUT2D eigenvalue weighted by atomic mass is 9.67. The minimum Gasteiger partial charge on any atom is -0.469 e. The van der Waals surface area contributed by atoms with Crippen molar-refractivity contribution in [1.29, 1.82) is 0 Å². The van der Waals surface area contributed by atoms with E-state index < -0.39 is 11.0 Å². The van der Waals surface area contributed by atoms with Gasteiger partial charge in [0.2, 0.25) is 0 Å². The number of methoxy groups -OCH3 is 1. The lowest BCUT2D eigenvalue weighted by Gasteiger charge is -2.41. The highest BCUT2D eigenvalue weighted by Gasteiger charge is 2.67.